The van der Waals surface area contributed by atoms with Crippen LogP contribution in [-0.2, 0) is 4.79 Å². The zero-order valence-electron chi connectivity index (χ0n) is 11.4. The first-order chi connectivity index (χ1) is 9.27. The second-order valence-electron chi connectivity index (χ2n) is 4.79. The van der Waals surface area contributed by atoms with Crippen molar-refractivity contribution in [2.45, 2.75) is 19.4 Å². The summed E-state index contributed by atoms with van der Waals surface area (Å²) in [4.78, 5) is 18.1. The Morgan fingerprint density at radius 1 is 1.47 bits per heavy atom. The van der Waals surface area contributed by atoms with Gasteiger partial charge in [-0.3, -0.25) is 4.79 Å². The molecule has 7 heteroatoms. The molecule has 1 saturated heterocycles. The smallest absolute Gasteiger partial charge is 0.244 e. The molecule has 19 heavy (non-hydrogen) atoms. The van der Waals surface area contributed by atoms with E-state index in [-0.39, 0.29) is 11.9 Å². The van der Waals surface area contributed by atoms with E-state index in [1.807, 2.05) is 6.92 Å². The minimum absolute atomic E-state index is 0.00851. The van der Waals surface area contributed by atoms with E-state index in [4.69, 9.17) is 0 Å². The second-order valence-corrected chi connectivity index (χ2v) is 4.79. The molecule has 2 N–H and O–H groups in total. The van der Waals surface area contributed by atoms with E-state index in [2.05, 4.69) is 25.6 Å². The van der Waals surface area contributed by atoms with E-state index in [0.717, 1.165) is 39.1 Å². The maximum atomic E-state index is 11.9. The third-order valence-corrected chi connectivity index (χ3v) is 3.37. The zero-order chi connectivity index (χ0) is 13.5. The number of hydrogen-bond donors (Lipinski definition) is 2. The molecule has 1 fully saturated rings. The van der Waals surface area contributed by atoms with E-state index in [1.54, 1.807) is 11.0 Å². The summed E-state index contributed by atoms with van der Waals surface area (Å²) in [5, 5.41) is 10.2. The highest BCUT2D eigenvalue weighted by Crippen LogP contribution is 2.01. The molecule has 1 unspecified atom stereocenters. The summed E-state index contributed by atoms with van der Waals surface area (Å²) in [5.41, 5.74) is 0. The number of carbonyl (C=O) groups is 1. The molecule has 0 aromatic carbocycles. The summed E-state index contributed by atoms with van der Waals surface area (Å²) in [6, 6.07) is -0.304. The summed E-state index contributed by atoms with van der Waals surface area (Å²) in [6.07, 6.45) is 3.98. The van der Waals surface area contributed by atoms with Crippen molar-refractivity contribution in [3.05, 3.63) is 12.7 Å². The van der Waals surface area contributed by atoms with Gasteiger partial charge in [0.05, 0.1) is 0 Å². The Morgan fingerprint density at radius 2 is 2.26 bits per heavy atom. The highest BCUT2D eigenvalue weighted by molar-refractivity contribution is 5.79. The molecule has 106 valence electrons. The topological polar surface area (TPSA) is 75.1 Å². The largest absolute Gasteiger partial charge is 0.354 e. The van der Waals surface area contributed by atoms with E-state index in [9.17, 15) is 4.79 Å². The molecule has 1 atom stereocenters. The summed E-state index contributed by atoms with van der Waals surface area (Å²) in [5.74, 6) is -0.00851. The third kappa shape index (κ3) is 4.29. The fourth-order valence-corrected chi connectivity index (χ4v) is 2.13. The Balaban J connectivity index is 1.61. The molecular weight excluding hydrogens is 244 g/mol. The predicted octanol–water partition coefficient (Wildman–Crippen LogP) is -0.749. The number of aromatic nitrogens is 3. The number of nitrogens with zero attached hydrogens (tertiary/aromatic N) is 4. The van der Waals surface area contributed by atoms with Crippen molar-refractivity contribution in [1.29, 1.82) is 0 Å². The molecule has 2 heterocycles. The van der Waals surface area contributed by atoms with Crippen LogP contribution in [-0.4, -0.2) is 64.8 Å². The molecule has 1 aliphatic rings. The van der Waals surface area contributed by atoms with Crippen LogP contribution in [0.5, 0.6) is 0 Å². The van der Waals surface area contributed by atoms with Gasteiger partial charge in [0.1, 0.15) is 18.7 Å². The third-order valence-electron chi connectivity index (χ3n) is 3.37. The molecule has 1 aromatic rings. The maximum Gasteiger partial charge on any atom is 0.244 e. The first kappa shape index (κ1) is 14.0. The van der Waals surface area contributed by atoms with Gasteiger partial charge in [0, 0.05) is 32.7 Å². The van der Waals surface area contributed by atoms with Gasteiger partial charge >= 0.3 is 0 Å². The monoisotopic (exact) mass is 266 g/mol. The van der Waals surface area contributed by atoms with Gasteiger partial charge in [0.15, 0.2) is 0 Å². The average molecular weight is 266 g/mol. The quantitative estimate of drug-likeness (QED) is 0.663. The van der Waals surface area contributed by atoms with Crippen molar-refractivity contribution >= 4 is 5.91 Å². The van der Waals surface area contributed by atoms with Gasteiger partial charge in [-0.05, 0) is 19.9 Å². The van der Waals surface area contributed by atoms with Crippen LogP contribution in [0, 0.1) is 0 Å². The standard InChI is InChI=1S/C12H22N6O/c1-11(18-10-14-9-16-18)12(19)15-3-2-6-17-7-4-13-5-8-17/h9-11,13H,2-8H2,1H3,(H,15,19). The predicted molar refractivity (Wildman–Crippen MR) is 71.7 cm³/mol. The molecule has 1 amide bonds. The molecule has 1 aliphatic heterocycles. The number of rotatable bonds is 6. The highest BCUT2D eigenvalue weighted by atomic mass is 16.2. The van der Waals surface area contributed by atoms with Gasteiger partial charge in [-0.15, -0.1) is 0 Å². The number of carbonyl (C=O) groups excluding carboxylic acids is 1. The normalized spacial score (nSPS) is 18.2. The van der Waals surface area contributed by atoms with Crippen LogP contribution in [0.25, 0.3) is 0 Å². The van der Waals surface area contributed by atoms with Crippen molar-refractivity contribution in [1.82, 2.24) is 30.3 Å². The number of piperazine rings is 1. The molecule has 0 radical (unpaired) electrons. The summed E-state index contributed by atoms with van der Waals surface area (Å²) in [7, 11) is 0. The van der Waals surface area contributed by atoms with Gasteiger partial charge < -0.3 is 15.5 Å². The SMILES string of the molecule is CC(C(=O)NCCCN1CCNCC1)n1cncn1. The Labute approximate surface area is 113 Å². The Bertz CT molecular complexity index is 374. The molecule has 7 nitrogen and oxygen atoms in total. The van der Waals surface area contributed by atoms with E-state index in [0.29, 0.717) is 6.54 Å². The minimum Gasteiger partial charge on any atom is -0.354 e. The maximum absolute atomic E-state index is 11.9. The minimum atomic E-state index is -0.304. The fourth-order valence-electron chi connectivity index (χ4n) is 2.13. The number of amides is 1. The van der Waals surface area contributed by atoms with Crippen molar-refractivity contribution < 1.29 is 4.79 Å². The first-order valence-corrected chi connectivity index (χ1v) is 6.82. The highest BCUT2D eigenvalue weighted by Gasteiger charge is 2.14. The Hall–Kier alpha value is -1.47. The second kappa shape index (κ2) is 7.20. The molecule has 0 saturated carbocycles. The van der Waals surface area contributed by atoms with Crippen LogP contribution in [0.4, 0.5) is 0 Å². The lowest BCUT2D eigenvalue weighted by atomic mass is 10.3. The number of hydrogen-bond acceptors (Lipinski definition) is 5. The van der Waals surface area contributed by atoms with Crippen LogP contribution in [0.2, 0.25) is 0 Å². The molecule has 2 rings (SSSR count). The van der Waals surface area contributed by atoms with E-state index >= 15 is 0 Å². The fraction of sp³-hybridized carbons (Fsp3) is 0.750. The summed E-state index contributed by atoms with van der Waals surface area (Å²) in [6.45, 7) is 7.90. The lowest BCUT2D eigenvalue weighted by Gasteiger charge is -2.27. The van der Waals surface area contributed by atoms with E-state index in [1.165, 1.54) is 6.33 Å². The van der Waals surface area contributed by atoms with Gasteiger partial charge in [0.25, 0.3) is 0 Å². The Kier molecular flexibility index (Phi) is 5.29. The lowest BCUT2D eigenvalue weighted by Crippen LogP contribution is -2.44. The van der Waals surface area contributed by atoms with Crippen LogP contribution >= 0.6 is 0 Å². The molecule has 0 aliphatic carbocycles. The van der Waals surface area contributed by atoms with Crippen LogP contribution in [0.15, 0.2) is 12.7 Å². The van der Waals surface area contributed by atoms with Gasteiger partial charge in [-0.25, -0.2) is 9.67 Å². The molecule has 0 spiro atoms. The molecular formula is C12H22N6O. The molecule has 0 bridgehead atoms. The van der Waals surface area contributed by atoms with Crippen LogP contribution in [0.3, 0.4) is 0 Å². The Morgan fingerprint density at radius 3 is 2.95 bits per heavy atom. The van der Waals surface area contributed by atoms with Gasteiger partial charge in [-0.1, -0.05) is 0 Å². The van der Waals surface area contributed by atoms with Gasteiger partial charge in [0.2, 0.25) is 5.91 Å². The first-order valence-electron chi connectivity index (χ1n) is 6.82. The van der Waals surface area contributed by atoms with E-state index < -0.39 is 0 Å². The molecule has 1 aromatic heterocycles. The van der Waals surface area contributed by atoms with Crippen molar-refractivity contribution in [3.8, 4) is 0 Å². The van der Waals surface area contributed by atoms with Gasteiger partial charge in [-0.2, -0.15) is 5.10 Å². The van der Waals surface area contributed by atoms with Crippen molar-refractivity contribution in [2.75, 3.05) is 39.3 Å². The number of nitrogens with one attached hydrogen (secondary N) is 2. The van der Waals surface area contributed by atoms with Crippen LogP contribution in [0.1, 0.15) is 19.4 Å². The van der Waals surface area contributed by atoms with Crippen LogP contribution < -0.4 is 10.6 Å². The summed E-state index contributed by atoms with van der Waals surface area (Å²) >= 11 is 0. The van der Waals surface area contributed by atoms with Crippen molar-refractivity contribution in [2.24, 2.45) is 0 Å². The lowest BCUT2D eigenvalue weighted by molar-refractivity contribution is -0.124. The zero-order valence-corrected chi connectivity index (χ0v) is 11.4. The van der Waals surface area contributed by atoms with Crippen molar-refractivity contribution in [3.63, 3.8) is 0 Å². The summed E-state index contributed by atoms with van der Waals surface area (Å²) < 4.78 is 1.56. The average Bonchev–Trinajstić information content (AvgIpc) is 2.98.